The van der Waals surface area contributed by atoms with Crippen LogP contribution in [0.1, 0.15) is 0 Å². The number of methoxy groups -OCH3 is 1. The first-order valence-electron chi connectivity index (χ1n) is 4.69. The molecule has 0 N–H and O–H groups in total. The first-order chi connectivity index (χ1) is 6.64. The fourth-order valence-corrected chi connectivity index (χ4v) is 4.28. The minimum Gasteiger partial charge on any atom is -0.391 e. The minimum atomic E-state index is -1.27. The van der Waals surface area contributed by atoms with Gasteiger partial charge in [-0.25, -0.2) is 0 Å². The number of hydrogen-bond acceptors (Lipinski definition) is 2. The molecule has 0 amide bonds. The Morgan fingerprint density at radius 2 is 1.87 bits per heavy atom. The molecule has 1 aromatic rings. The molecule has 0 saturated heterocycles. The molecule has 0 spiro atoms. The molecule has 1 nitrogen and oxygen atoms in total. The Kier molecular flexibility index (Phi) is 7.76. The molecule has 0 saturated carbocycles. The van der Waals surface area contributed by atoms with Crippen LogP contribution in [0.15, 0.2) is 35.2 Å². The second kappa shape index (κ2) is 7.59. The van der Waals surface area contributed by atoms with E-state index in [1.807, 2.05) is 17.8 Å². The molecule has 4 heteroatoms. The van der Waals surface area contributed by atoms with E-state index >= 15 is 0 Å². The summed E-state index contributed by atoms with van der Waals surface area (Å²) in [6, 6.07) is 10.5. The van der Waals surface area contributed by atoms with E-state index in [1.165, 1.54) is 4.90 Å². The monoisotopic (exact) mass is 232 g/mol. The molecule has 0 aromatic heterocycles. The number of rotatable bonds is 5. The fourth-order valence-electron chi connectivity index (χ4n) is 1.13. The van der Waals surface area contributed by atoms with Crippen molar-refractivity contribution in [2.75, 3.05) is 13.3 Å². The van der Waals surface area contributed by atoms with Gasteiger partial charge in [0.25, 0.3) is 0 Å². The van der Waals surface area contributed by atoms with Crippen LogP contribution in [0.5, 0.6) is 0 Å². The van der Waals surface area contributed by atoms with Crippen LogP contribution in [0.2, 0.25) is 13.1 Å². The number of hydrogen-bond donors (Lipinski definition) is 0. The molecular formula is C11H17LiOSSi. The average molecular weight is 232 g/mol. The van der Waals surface area contributed by atoms with Crippen LogP contribution in [0.25, 0.3) is 0 Å². The Morgan fingerprint density at radius 1 is 1.27 bits per heavy atom. The van der Waals surface area contributed by atoms with Crippen LogP contribution in [0.3, 0.4) is 0 Å². The molecule has 1 rings (SSSR count). The van der Waals surface area contributed by atoms with E-state index in [2.05, 4.69) is 42.7 Å². The third kappa shape index (κ3) is 6.50. The van der Waals surface area contributed by atoms with Gasteiger partial charge in [-0.05, 0) is 4.90 Å². The van der Waals surface area contributed by atoms with E-state index in [0.29, 0.717) is 0 Å². The van der Waals surface area contributed by atoms with Crippen LogP contribution in [-0.2, 0) is 4.74 Å². The largest absolute Gasteiger partial charge is 1.00 e. The van der Waals surface area contributed by atoms with Crippen molar-refractivity contribution < 1.29 is 23.6 Å². The average Bonchev–Trinajstić information content (AvgIpc) is 2.17. The van der Waals surface area contributed by atoms with Gasteiger partial charge in [-0.3, -0.25) is 5.38 Å². The summed E-state index contributed by atoms with van der Waals surface area (Å²) in [5.74, 6) is 0. The Morgan fingerprint density at radius 3 is 2.40 bits per heavy atom. The van der Waals surface area contributed by atoms with Crippen molar-refractivity contribution in [2.24, 2.45) is 0 Å². The molecule has 0 bridgehead atoms. The normalized spacial score (nSPS) is 10.9. The first kappa shape index (κ1) is 15.3. The summed E-state index contributed by atoms with van der Waals surface area (Å²) in [5, 5.41) is 2.37. The van der Waals surface area contributed by atoms with Gasteiger partial charge in [-0.1, -0.05) is 51.5 Å². The van der Waals surface area contributed by atoms with E-state index < -0.39 is 8.07 Å². The van der Waals surface area contributed by atoms with Crippen molar-refractivity contribution in [1.82, 2.24) is 0 Å². The molecule has 0 fully saturated rings. The van der Waals surface area contributed by atoms with E-state index in [4.69, 9.17) is 4.74 Å². The number of thioether (sulfide) groups is 1. The van der Waals surface area contributed by atoms with Gasteiger partial charge < -0.3 is 16.5 Å². The van der Waals surface area contributed by atoms with Crippen LogP contribution in [0.4, 0.5) is 0 Å². The maximum Gasteiger partial charge on any atom is 1.00 e. The summed E-state index contributed by atoms with van der Waals surface area (Å²) in [5.41, 5.74) is 0. The second-order valence-electron chi connectivity index (χ2n) is 3.97. The van der Waals surface area contributed by atoms with E-state index in [1.54, 1.807) is 7.11 Å². The predicted molar refractivity (Wildman–Crippen MR) is 66.0 cm³/mol. The number of ether oxygens (including phenoxy) is 1. The van der Waals surface area contributed by atoms with Gasteiger partial charge in [-0.2, -0.15) is 0 Å². The topological polar surface area (TPSA) is 9.23 Å². The fraction of sp³-hybridized carbons (Fsp3) is 0.364. The van der Waals surface area contributed by atoms with Gasteiger partial charge in [0, 0.05) is 13.3 Å². The van der Waals surface area contributed by atoms with Gasteiger partial charge in [0.15, 0.2) is 0 Å². The first-order valence-corrected chi connectivity index (χ1v) is 8.85. The Labute approximate surface area is 110 Å². The van der Waals surface area contributed by atoms with E-state index in [0.717, 1.165) is 6.23 Å². The molecular weight excluding hydrogens is 215 g/mol. The maximum atomic E-state index is 5.21. The van der Waals surface area contributed by atoms with Crippen LogP contribution in [0, 0.1) is 5.38 Å². The van der Waals surface area contributed by atoms with Gasteiger partial charge in [0.2, 0.25) is 0 Å². The predicted octanol–water partition coefficient (Wildman–Crippen LogP) is 0.378. The zero-order chi connectivity index (χ0) is 10.4. The molecule has 15 heavy (non-hydrogen) atoms. The molecule has 0 heterocycles. The Hall–Kier alpha value is 0.344. The minimum absolute atomic E-state index is 0. The zero-order valence-electron chi connectivity index (χ0n) is 9.99. The smallest absolute Gasteiger partial charge is 0.391 e. The SMILES string of the molecule is COC[Si](C)(C)[CH-]Sc1ccccc1.[Li+]. The molecule has 0 aliphatic carbocycles. The zero-order valence-corrected chi connectivity index (χ0v) is 11.8. The van der Waals surface area contributed by atoms with E-state index in [9.17, 15) is 0 Å². The van der Waals surface area contributed by atoms with Crippen LogP contribution < -0.4 is 18.9 Å². The third-order valence-corrected chi connectivity index (χ3v) is 6.37. The molecule has 0 radical (unpaired) electrons. The van der Waals surface area contributed by atoms with Crippen molar-refractivity contribution in [3.05, 3.63) is 35.7 Å². The van der Waals surface area contributed by atoms with Crippen molar-refractivity contribution in [2.45, 2.75) is 18.0 Å². The summed E-state index contributed by atoms with van der Waals surface area (Å²) in [7, 11) is 0.503. The van der Waals surface area contributed by atoms with Crippen molar-refractivity contribution >= 4 is 19.8 Å². The second-order valence-corrected chi connectivity index (χ2v) is 9.89. The quantitative estimate of drug-likeness (QED) is 0.412. The standard InChI is InChI=1S/C11H17OSSi.Li/c1-12-9-14(2,3)10-13-11-7-5-4-6-8-11;/h4-8,10H,9H2,1-3H3;/q-1;+1. The van der Waals surface area contributed by atoms with Gasteiger partial charge in [0.1, 0.15) is 0 Å². The summed E-state index contributed by atoms with van der Waals surface area (Å²) in [6.45, 7) is 4.62. The van der Waals surface area contributed by atoms with Gasteiger partial charge >= 0.3 is 18.9 Å². The van der Waals surface area contributed by atoms with E-state index in [-0.39, 0.29) is 18.9 Å². The molecule has 78 valence electrons. The molecule has 1 aromatic carbocycles. The van der Waals surface area contributed by atoms with Crippen LogP contribution in [-0.4, -0.2) is 21.4 Å². The maximum absolute atomic E-state index is 5.21. The van der Waals surface area contributed by atoms with Crippen molar-refractivity contribution in [3.8, 4) is 0 Å². The molecule has 0 unspecified atom stereocenters. The van der Waals surface area contributed by atoms with Gasteiger partial charge in [0.05, 0.1) is 0 Å². The molecule has 0 aliphatic heterocycles. The molecule has 0 aliphatic rings. The summed E-state index contributed by atoms with van der Waals surface area (Å²) in [6.07, 6.45) is 0.896. The van der Waals surface area contributed by atoms with Crippen molar-refractivity contribution in [3.63, 3.8) is 0 Å². The van der Waals surface area contributed by atoms with Crippen molar-refractivity contribution in [1.29, 1.82) is 0 Å². The van der Waals surface area contributed by atoms with Crippen LogP contribution >= 0.6 is 11.8 Å². The summed E-state index contributed by atoms with van der Waals surface area (Å²) < 4.78 is 5.21. The Bertz CT molecular complexity index is 267. The number of benzene rings is 1. The Balaban J connectivity index is 0.00000196. The summed E-state index contributed by atoms with van der Waals surface area (Å²) >= 11 is 1.82. The molecule has 0 atom stereocenters. The van der Waals surface area contributed by atoms with Gasteiger partial charge in [-0.15, -0.1) is 0 Å². The third-order valence-electron chi connectivity index (χ3n) is 1.77. The summed E-state index contributed by atoms with van der Waals surface area (Å²) in [4.78, 5) is 1.31.